The third-order valence-electron chi connectivity index (χ3n) is 3.86. The molecular formula is C14H19Cl2FN2O2. The summed E-state index contributed by atoms with van der Waals surface area (Å²) in [5, 5.41) is 3.44. The Morgan fingerprint density at radius 3 is 3.10 bits per heavy atom. The van der Waals surface area contributed by atoms with Crippen molar-refractivity contribution in [1.29, 1.82) is 0 Å². The second kappa shape index (κ2) is 7.01. The monoisotopic (exact) mass is 336 g/mol. The molecule has 0 bridgehead atoms. The summed E-state index contributed by atoms with van der Waals surface area (Å²) in [6, 6.07) is 3.47. The van der Waals surface area contributed by atoms with E-state index >= 15 is 0 Å². The first-order chi connectivity index (χ1) is 9.70. The van der Waals surface area contributed by atoms with E-state index in [0.29, 0.717) is 18.4 Å². The van der Waals surface area contributed by atoms with Crippen LogP contribution in [0.1, 0.15) is 6.42 Å². The highest BCUT2D eigenvalue weighted by Gasteiger charge is 2.33. The molecule has 21 heavy (non-hydrogen) atoms. The third-order valence-corrected chi connectivity index (χ3v) is 4.21. The topological polar surface area (TPSA) is 33.7 Å². The molecule has 0 saturated carbocycles. The average Bonchev–Trinajstić information content (AvgIpc) is 2.60. The fourth-order valence-corrected chi connectivity index (χ4v) is 3.16. The van der Waals surface area contributed by atoms with Gasteiger partial charge in [-0.05, 0) is 12.1 Å². The maximum atomic E-state index is 13.7. The summed E-state index contributed by atoms with van der Waals surface area (Å²) in [5.41, 5.74) is 0.876. The number of methoxy groups -OCH3 is 1. The van der Waals surface area contributed by atoms with E-state index in [2.05, 4.69) is 10.2 Å². The largest absolute Gasteiger partial charge is 0.484 e. The molecule has 3 rings (SSSR count). The van der Waals surface area contributed by atoms with Gasteiger partial charge >= 0.3 is 0 Å². The number of hydrogen-bond donors (Lipinski definition) is 1. The van der Waals surface area contributed by atoms with Crippen LogP contribution < -0.4 is 15.0 Å². The highest BCUT2D eigenvalue weighted by Crippen LogP contribution is 2.42. The summed E-state index contributed by atoms with van der Waals surface area (Å²) in [6.07, 6.45) is 0.709. The van der Waals surface area contributed by atoms with Crippen LogP contribution in [0.15, 0.2) is 12.1 Å². The number of hydrogen-bond acceptors (Lipinski definition) is 4. The zero-order valence-corrected chi connectivity index (χ0v) is 13.3. The van der Waals surface area contributed by atoms with Crippen LogP contribution in [0.4, 0.5) is 10.1 Å². The molecule has 1 aromatic carbocycles. The predicted octanol–water partition coefficient (Wildman–Crippen LogP) is 2.48. The minimum absolute atomic E-state index is 0. The van der Waals surface area contributed by atoms with Crippen molar-refractivity contribution in [2.75, 3.05) is 38.3 Å². The number of rotatable bonds is 2. The summed E-state index contributed by atoms with van der Waals surface area (Å²) in [7, 11) is 1.64. The van der Waals surface area contributed by atoms with E-state index < -0.39 is 5.82 Å². The van der Waals surface area contributed by atoms with E-state index in [-0.39, 0.29) is 23.5 Å². The molecule has 2 aliphatic rings. The van der Waals surface area contributed by atoms with Crippen molar-refractivity contribution in [2.45, 2.75) is 18.6 Å². The van der Waals surface area contributed by atoms with E-state index in [4.69, 9.17) is 21.1 Å². The Labute approximate surface area is 134 Å². The van der Waals surface area contributed by atoms with Crippen LogP contribution in [-0.4, -0.2) is 45.5 Å². The maximum absolute atomic E-state index is 13.7. The minimum Gasteiger partial charge on any atom is -0.484 e. The zero-order chi connectivity index (χ0) is 14.1. The maximum Gasteiger partial charge on any atom is 0.164 e. The smallest absolute Gasteiger partial charge is 0.164 e. The Bertz CT molecular complexity index is 504. The first-order valence-corrected chi connectivity index (χ1v) is 7.19. The SMILES string of the molecule is COC[C@@H]1C[C@@H]2CNCCN2c2ccc(F)c(Cl)c2O1.Cl. The number of fused-ring (bicyclic) bond motifs is 3. The Hall–Kier alpha value is -0.750. The molecule has 1 aromatic rings. The van der Waals surface area contributed by atoms with E-state index in [0.717, 1.165) is 31.7 Å². The van der Waals surface area contributed by atoms with Crippen molar-refractivity contribution in [3.8, 4) is 5.75 Å². The van der Waals surface area contributed by atoms with Gasteiger partial charge in [-0.1, -0.05) is 11.6 Å². The van der Waals surface area contributed by atoms with Crippen LogP contribution in [0.25, 0.3) is 0 Å². The van der Waals surface area contributed by atoms with Gasteiger partial charge in [-0.2, -0.15) is 0 Å². The molecule has 0 amide bonds. The van der Waals surface area contributed by atoms with Crippen LogP contribution in [0.3, 0.4) is 0 Å². The molecular weight excluding hydrogens is 318 g/mol. The molecule has 2 atom stereocenters. The summed E-state index contributed by atoms with van der Waals surface area (Å²) in [5.74, 6) is -0.00622. The van der Waals surface area contributed by atoms with Gasteiger partial charge in [0.1, 0.15) is 16.9 Å². The molecule has 2 heterocycles. The lowest BCUT2D eigenvalue weighted by Gasteiger charge is -2.37. The average molecular weight is 337 g/mol. The van der Waals surface area contributed by atoms with Gasteiger partial charge in [0.2, 0.25) is 0 Å². The molecule has 0 aliphatic carbocycles. The van der Waals surface area contributed by atoms with Crippen molar-refractivity contribution in [2.24, 2.45) is 0 Å². The number of halogens is 3. The number of ether oxygens (including phenoxy) is 2. The van der Waals surface area contributed by atoms with Crippen molar-refractivity contribution < 1.29 is 13.9 Å². The van der Waals surface area contributed by atoms with Crippen molar-refractivity contribution in [1.82, 2.24) is 5.32 Å². The zero-order valence-electron chi connectivity index (χ0n) is 11.8. The number of benzene rings is 1. The Balaban J connectivity index is 0.00000161. The summed E-state index contributed by atoms with van der Waals surface area (Å²) in [4.78, 5) is 2.26. The van der Waals surface area contributed by atoms with Gasteiger partial charge in [-0.3, -0.25) is 0 Å². The van der Waals surface area contributed by atoms with Crippen LogP contribution >= 0.6 is 24.0 Å². The molecule has 0 spiro atoms. The van der Waals surface area contributed by atoms with Gasteiger partial charge in [0.25, 0.3) is 0 Å². The van der Waals surface area contributed by atoms with Gasteiger partial charge in [-0.15, -0.1) is 12.4 Å². The highest BCUT2D eigenvalue weighted by molar-refractivity contribution is 6.32. The first kappa shape index (κ1) is 16.6. The second-order valence-corrected chi connectivity index (χ2v) is 5.57. The number of nitrogens with zero attached hydrogens (tertiary/aromatic N) is 1. The molecule has 118 valence electrons. The number of nitrogens with one attached hydrogen (secondary N) is 1. The predicted molar refractivity (Wildman–Crippen MR) is 83.6 cm³/mol. The van der Waals surface area contributed by atoms with Crippen LogP contribution in [0, 0.1) is 5.82 Å². The van der Waals surface area contributed by atoms with Gasteiger partial charge in [0, 0.05) is 39.2 Å². The normalized spacial score (nSPS) is 24.2. The molecule has 0 aromatic heterocycles. The van der Waals surface area contributed by atoms with Crippen LogP contribution in [-0.2, 0) is 4.74 Å². The van der Waals surface area contributed by atoms with E-state index in [1.54, 1.807) is 13.2 Å². The molecule has 4 nitrogen and oxygen atoms in total. The Kier molecular flexibility index (Phi) is 5.54. The highest BCUT2D eigenvalue weighted by atomic mass is 35.5. The fourth-order valence-electron chi connectivity index (χ4n) is 2.95. The van der Waals surface area contributed by atoms with Gasteiger partial charge in [0.05, 0.1) is 12.3 Å². The fraction of sp³-hybridized carbons (Fsp3) is 0.571. The second-order valence-electron chi connectivity index (χ2n) is 5.19. The van der Waals surface area contributed by atoms with Gasteiger partial charge in [0.15, 0.2) is 5.75 Å². The van der Waals surface area contributed by atoms with Gasteiger partial charge in [-0.25, -0.2) is 4.39 Å². The molecule has 1 saturated heterocycles. The van der Waals surface area contributed by atoms with Crippen molar-refractivity contribution in [3.05, 3.63) is 23.0 Å². The van der Waals surface area contributed by atoms with Crippen molar-refractivity contribution >= 4 is 29.7 Å². The number of piperazine rings is 1. The lowest BCUT2D eigenvalue weighted by Crippen LogP contribution is -2.52. The van der Waals surface area contributed by atoms with Crippen LogP contribution in [0.2, 0.25) is 5.02 Å². The molecule has 0 radical (unpaired) electrons. The van der Waals surface area contributed by atoms with Gasteiger partial charge < -0.3 is 19.7 Å². The summed E-state index contributed by atoms with van der Waals surface area (Å²) in [6.45, 7) is 3.12. The third kappa shape index (κ3) is 3.21. The molecule has 2 aliphatic heterocycles. The lowest BCUT2D eigenvalue weighted by molar-refractivity contribution is 0.0744. The number of anilines is 1. The molecule has 1 N–H and O–H groups in total. The lowest BCUT2D eigenvalue weighted by atomic mass is 10.1. The van der Waals surface area contributed by atoms with E-state index in [1.807, 2.05) is 0 Å². The van der Waals surface area contributed by atoms with E-state index in [1.165, 1.54) is 6.07 Å². The van der Waals surface area contributed by atoms with E-state index in [9.17, 15) is 4.39 Å². The summed E-state index contributed by atoms with van der Waals surface area (Å²) < 4.78 is 24.8. The van der Waals surface area contributed by atoms with Crippen LogP contribution in [0.5, 0.6) is 5.75 Å². The molecule has 7 heteroatoms. The quantitative estimate of drug-likeness (QED) is 0.899. The molecule has 1 fully saturated rings. The first-order valence-electron chi connectivity index (χ1n) is 6.81. The minimum atomic E-state index is -0.449. The Morgan fingerprint density at radius 1 is 1.52 bits per heavy atom. The summed E-state index contributed by atoms with van der Waals surface area (Å²) >= 11 is 6.10. The standard InChI is InChI=1S/C14H18ClFN2O2.ClH/c1-19-8-10-6-9-7-17-4-5-18(9)12-3-2-11(16)13(15)14(12)20-10;/h2-3,9-10,17H,4-8H2,1H3;1H/t9-,10+;/m1./s1. The Morgan fingerprint density at radius 2 is 2.33 bits per heavy atom. The molecule has 0 unspecified atom stereocenters. The van der Waals surface area contributed by atoms with Crippen molar-refractivity contribution in [3.63, 3.8) is 0 Å².